The normalized spacial score (nSPS) is 10.6. The molecule has 9 heteroatoms. The fraction of sp³-hybridized carbons (Fsp3) is 0.0769. The zero-order valence-electron chi connectivity index (χ0n) is 10.6. The van der Waals surface area contributed by atoms with E-state index in [1.807, 2.05) is 0 Å². The third kappa shape index (κ3) is 3.04. The number of hydrazone groups is 1. The molecule has 0 saturated carbocycles. The first-order chi connectivity index (χ1) is 10.3. The van der Waals surface area contributed by atoms with Gasteiger partial charge in [0.2, 0.25) is 11.5 Å². The first kappa shape index (κ1) is 15.1. The molecule has 0 unspecified atom stereocenters. The first-order valence-corrected chi connectivity index (χ1v) is 5.64. The number of anilines is 1. The quantitative estimate of drug-likeness (QED) is 0.678. The van der Waals surface area contributed by atoms with Crippen LogP contribution in [-0.2, 0) is 6.18 Å². The number of hydrogen-bond acceptors (Lipinski definition) is 6. The molecule has 2 rings (SSSR count). The lowest BCUT2D eigenvalue weighted by Crippen LogP contribution is -2.11. The van der Waals surface area contributed by atoms with Crippen LogP contribution in [0.25, 0.3) is 11.0 Å². The van der Waals surface area contributed by atoms with Gasteiger partial charge in [-0.15, -0.1) is 0 Å². The maximum atomic E-state index is 12.5. The van der Waals surface area contributed by atoms with E-state index in [1.165, 1.54) is 24.3 Å². The third-order valence-electron chi connectivity index (χ3n) is 2.52. The molecule has 22 heavy (non-hydrogen) atoms. The average molecular weight is 306 g/mol. The van der Waals surface area contributed by atoms with Crippen LogP contribution in [0.3, 0.4) is 0 Å². The van der Waals surface area contributed by atoms with Gasteiger partial charge in [0.25, 0.3) is 0 Å². The lowest BCUT2D eigenvalue weighted by Gasteiger charge is -2.07. The summed E-state index contributed by atoms with van der Waals surface area (Å²) in [5.74, 6) is -1.39. The molecule has 0 saturated heterocycles. The van der Waals surface area contributed by atoms with Crippen LogP contribution in [0.4, 0.5) is 18.9 Å². The summed E-state index contributed by atoms with van der Waals surface area (Å²) in [6.07, 6.45) is -4.76. The highest BCUT2D eigenvalue weighted by molar-refractivity contribution is 6.10. The Kier molecular flexibility index (Phi) is 3.82. The second-order valence-electron chi connectivity index (χ2n) is 3.98. The summed E-state index contributed by atoms with van der Waals surface area (Å²) in [6, 6.07) is 7.04. The minimum atomic E-state index is -4.76. The number of nitrogens with one attached hydrogen (secondary N) is 1. The fourth-order valence-corrected chi connectivity index (χ4v) is 1.56. The summed E-state index contributed by atoms with van der Waals surface area (Å²) >= 11 is 0. The number of rotatable bonds is 2. The van der Waals surface area contributed by atoms with Gasteiger partial charge in [-0.3, -0.25) is 10.2 Å². The molecule has 0 atom stereocenters. The van der Waals surface area contributed by atoms with Gasteiger partial charge in [0.15, 0.2) is 5.43 Å². The lowest BCUT2D eigenvalue weighted by atomic mass is 10.2. The van der Waals surface area contributed by atoms with Gasteiger partial charge in [-0.1, -0.05) is 0 Å². The molecule has 0 spiro atoms. The number of hydrogen-bond donors (Lipinski definition) is 1. The molecule has 6 nitrogen and oxygen atoms in total. The first-order valence-electron chi connectivity index (χ1n) is 5.64. The number of fused-ring (bicyclic) bond motifs is 1. The van der Waals surface area contributed by atoms with Gasteiger partial charge in [-0.05, 0) is 18.2 Å². The summed E-state index contributed by atoms with van der Waals surface area (Å²) in [6.45, 7) is 0. The zero-order chi connectivity index (χ0) is 16.3. The van der Waals surface area contributed by atoms with Gasteiger partial charge in [0, 0.05) is 6.07 Å². The van der Waals surface area contributed by atoms with Crippen LogP contribution in [0.2, 0.25) is 0 Å². The highest BCUT2D eigenvalue weighted by atomic mass is 19.4. The minimum absolute atomic E-state index is 0.0938. The summed E-state index contributed by atoms with van der Waals surface area (Å²) in [5.41, 5.74) is 1.00. The van der Waals surface area contributed by atoms with Gasteiger partial charge >= 0.3 is 6.18 Å². The van der Waals surface area contributed by atoms with Gasteiger partial charge < -0.3 is 4.42 Å². The fourth-order valence-electron chi connectivity index (χ4n) is 1.56. The van der Waals surface area contributed by atoms with Crippen LogP contribution in [0.5, 0.6) is 0 Å². The van der Waals surface area contributed by atoms with E-state index in [-0.39, 0.29) is 16.7 Å². The van der Waals surface area contributed by atoms with E-state index < -0.39 is 23.1 Å². The number of halogens is 3. The average Bonchev–Trinajstić information content (AvgIpc) is 2.47. The molecule has 0 aliphatic carbocycles. The van der Waals surface area contributed by atoms with Gasteiger partial charge in [0.05, 0.1) is 11.1 Å². The van der Waals surface area contributed by atoms with E-state index in [9.17, 15) is 18.0 Å². The maximum Gasteiger partial charge on any atom is 0.449 e. The number of alkyl halides is 3. The highest BCUT2D eigenvalue weighted by Crippen LogP contribution is 2.30. The van der Waals surface area contributed by atoms with Gasteiger partial charge in [-0.2, -0.15) is 28.8 Å². The van der Waals surface area contributed by atoms with Crippen molar-refractivity contribution in [3.05, 3.63) is 40.2 Å². The van der Waals surface area contributed by atoms with E-state index in [0.717, 1.165) is 6.07 Å². The topological polar surface area (TPSA) is 102 Å². The summed E-state index contributed by atoms with van der Waals surface area (Å²) < 4.78 is 42.3. The molecule has 1 aromatic carbocycles. The molecule has 110 valence electrons. The van der Waals surface area contributed by atoms with Crippen molar-refractivity contribution in [1.29, 1.82) is 10.5 Å². The van der Waals surface area contributed by atoms with E-state index in [0.29, 0.717) is 6.07 Å². The van der Waals surface area contributed by atoms with Gasteiger partial charge in [-0.25, -0.2) is 0 Å². The molecule has 2 aromatic rings. The summed E-state index contributed by atoms with van der Waals surface area (Å²) in [5, 5.41) is 20.4. The molecular weight excluding hydrogens is 301 g/mol. The molecule has 0 aliphatic heterocycles. The van der Waals surface area contributed by atoms with E-state index in [2.05, 4.69) is 14.9 Å². The Bertz CT molecular complexity index is 885. The van der Waals surface area contributed by atoms with Crippen molar-refractivity contribution in [1.82, 2.24) is 0 Å². The predicted octanol–water partition coefficient (Wildman–Crippen LogP) is 2.63. The number of nitrogens with zero attached hydrogens (tertiary/aromatic N) is 3. The molecule has 1 aromatic heterocycles. The Morgan fingerprint density at radius 2 is 1.91 bits per heavy atom. The van der Waals surface area contributed by atoms with Gasteiger partial charge in [0.1, 0.15) is 17.7 Å². The largest absolute Gasteiger partial charge is 0.451 e. The summed E-state index contributed by atoms with van der Waals surface area (Å²) in [7, 11) is 0. The van der Waals surface area contributed by atoms with Crippen molar-refractivity contribution in [3.63, 3.8) is 0 Å². The Hall–Kier alpha value is -3.33. The number of benzene rings is 1. The van der Waals surface area contributed by atoms with Crippen LogP contribution in [-0.4, -0.2) is 5.71 Å². The molecular formula is C13H5F3N4O2. The Morgan fingerprint density at radius 3 is 2.50 bits per heavy atom. The molecule has 0 radical (unpaired) electrons. The van der Waals surface area contributed by atoms with Crippen molar-refractivity contribution in [2.45, 2.75) is 6.18 Å². The van der Waals surface area contributed by atoms with Crippen molar-refractivity contribution in [2.24, 2.45) is 5.10 Å². The maximum absolute atomic E-state index is 12.5. The van der Waals surface area contributed by atoms with E-state index in [4.69, 9.17) is 10.5 Å². The molecule has 0 aliphatic rings. The minimum Gasteiger partial charge on any atom is -0.451 e. The van der Waals surface area contributed by atoms with Crippen molar-refractivity contribution >= 4 is 22.4 Å². The van der Waals surface area contributed by atoms with Crippen molar-refractivity contribution in [3.8, 4) is 12.1 Å². The van der Waals surface area contributed by atoms with Crippen LogP contribution in [0.1, 0.15) is 5.76 Å². The van der Waals surface area contributed by atoms with Crippen molar-refractivity contribution in [2.75, 3.05) is 5.43 Å². The van der Waals surface area contributed by atoms with Crippen LogP contribution in [0, 0.1) is 22.7 Å². The molecule has 0 bridgehead atoms. The Morgan fingerprint density at radius 1 is 1.23 bits per heavy atom. The predicted molar refractivity (Wildman–Crippen MR) is 69.8 cm³/mol. The van der Waals surface area contributed by atoms with Crippen LogP contribution >= 0.6 is 0 Å². The molecule has 0 amide bonds. The third-order valence-corrected chi connectivity index (χ3v) is 2.52. The standard InChI is InChI=1S/C13H5F3N4O2/c14-13(15,16)12-4-10(21)9-3-7(1-2-11(9)22-12)19-20-8(5-17)6-18/h1-4,19H. The zero-order valence-corrected chi connectivity index (χ0v) is 10.6. The van der Waals surface area contributed by atoms with Crippen LogP contribution in [0.15, 0.2) is 38.6 Å². The lowest BCUT2D eigenvalue weighted by molar-refractivity contribution is -0.152. The Balaban J connectivity index is 2.47. The highest BCUT2D eigenvalue weighted by Gasteiger charge is 2.34. The molecule has 1 heterocycles. The number of nitriles is 2. The second-order valence-corrected chi connectivity index (χ2v) is 3.98. The Labute approximate surface area is 120 Å². The smallest absolute Gasteiger partial charge is 0.449 e. The monoisotopic (exact) mass is 306 g/mol. The SMILES string of the molecule is N#CC(C#N)=NNc1ccc2oc(C(F)(F)F)cc(=O)c2c1. The summed E-state index contributed by atoms with van der Waals surface area (Å²) in [4.78, 5) is 11.7. The molecule has 1 N–H and O–H groups in total. The molecule has 0 fully saturated rings. The van der Waals surface area contributed by atoms with E-state index in [1.54, 1.807) is 0 Å². The second kappa shape index (κ2) is 5.58. The van der Waals surface area contributed by atoms with Crippen LogP contribution < -0.4 is 10.9 Å². The van der Waals surface area contributed by atoms with E-state index >= 15 is 0 Å². The van der Waals surface area contributed by atoms with Crippen molar-refractivity contribution < 1.29 is 17.6 Å².